The maximum absolute atomic E-state index is 12.5. The second-order valence-corrected chi connectivity index (χ2v) is 9.09. The van der Waals surface area contributed by atoms with E-state index in [1.807, 2.05) is 0 Å². The van der Waals surface area contributed by atoms with E-state index in [0.29, 0.717) is 35.7 Å². The number of benzene rings is 1. The normalized spacial score (nSPS) is 22.9. The molecule has 1 heterocycles. The van der Waals surface area contributed by atoms with Gasteiger partial charge in [-0.2, -0.15) is 0 Å². The molecule has 0 bridgehead atoms. The van der Waals surface area contributed by atoms with Crippen molar-refractivity contribution in [1.82, 2.24) is 5.32 Å². The summed E-state index contributed by atoms with van der Waals surface area (Å²) in [6.45, 7) is 0. The predicted octanol–water partition coefficient (Wildman–Crippen LogP) is 1.37. The number of carbonyl (C=O) groups excluding carboxylic acids is 2. The van der Waals surface area contributed by atoms with E-state index >= 15 is 0 Å². The fourth-order valence-electron chi connectivity index (χ4n) is 2.91. The van der Waals surface area contributed by atoms with Crippen molar-refractivity contribution in [2.24, 2.45) is 5.41 Å². The minimum absolute atomic E-state index is 0.0650. The van der Waals surface area contributed by atoms with Gasteiger partial charge in [-0.25, -0.2) is 8.42 Å². The van der Waals surface area contributed by atoms with E-state index < -0.39 is 33.1 Å². The van der Waals surface area contributed by atoms with E-state index in [1.54, 1.807) is 18.2 Å². The van der Waals surface area contributed by atoms with Crippen LogP contribution in [0.1, 0.15) is 19.3 Å². The third kappa shape index (κ3) is 3.74. The molecule has 9 heteroatoms. The van der Waals surface area contributed by atoms with E-state index in [1.165, 1.54) is 7.11 Å². The number of sulfone groups is 1. The number of methoxy groups -OCH3 is 1. The van der Waals surface area contributed by atoms with Crippen LogP contribution in [0.4, 0.5) is 5.69 Å². The highest BCUT2D eigenvalue weighted by atomic mass is 35.5. The van der Waals surface area contributed by atoms with Gasteiger partial charge >= 0.3 is 0 Å². The maximum Gasteiger partial charge on any atom is 0.240 e. The largest absolute Gasteiger partial charge is 0.495 e. The molecule has 1 aliphatic heterocycles. The molecule has 25 heavy (non-hydrogen) atoms. The molecule has 1 aliphatic carbocycles. The lowest BCUT2D eigenvalue weighted by molar-refractivity contribution is -0.134. The molecule has 1 aromatic carbocycles. The zero-order valence-corrected chi connectivity index (χ0v) is 15.2. The molecule has 1 atom stereocenters. The smallest absolute Gasteiger partial charge is 0.240 e. The molecular weight excluding hydrogens is 368 g/mol. The van der Waals surface area contributed by atoms with E-state index in [9.17, 15) is 18.0 Å². The van der Waals surface area contributed by atoms with Crippen molar-refractivity contribution in [3.05, 3.63) is 23.2 Å². The van der Waals surface area contributed by atoms with Crippen molar-refractivity contribution in [3.8, 4) is 5.75 Å². The first-order valence-electron chi connectivity index (χ1n) is 7.92. The Morgan fingerprint density at radius 2 is 2.00 bits per heavy atom. The molecule has 1 unspecified atom stereocenters. The minimum Gasteiger partial charge on any atom is -0.495 e. The number of amides is 2. The van der Waals surface area contributed by atoms with Gasteiger partial charge in [0, 0.05) is 11.7 Å². The van der Waals surface area contributed by atoms with E-state index in [0.717, 1.165) is 0 Å². The van der Waals surface area contributed by atoms with Crippen molar-refractivity contribution in [2.45, 2.75) is 25.3 Å². The molecule has 136 valence electrons. The van der Waals surface area contributed by atoms with Gasteiger partial charge in [0.05, 0.1) is 23.6 Å². The van der Waals surface area contributed by atoms with Crippen LogP contribution in [0.5, 0.6) is 5.75 Å². The number of hydrogen-bond acceptors (Lipinski definition) is 5. The fourth-order valence-corrected chi connectivity index (χ4v) is 4.84. The SMILES string of the molecule is COc1ccc(NC(=O)C2(C(=O)NC3CCS(=O)(=O)C3)CC2)cc1Cl. The molecule has 0 spiro atoms. The zero-order chi connectivity index (χ0) is 18.2. The zero-order valence-electron chi connectivity index (χ0n) is 13.7. The van der Waals surface area contributed by atoms with Crippen LogP contribution in [0.15, 0.2) is 18.2 Å². The number of halogens is 1. The van der Waals surface area contributed by atoms with Gasteiger partial charge in [-0.15, -0.1) is 0 Å². The van der Waals surface area contributed by atoms with Gasteiger partial charge in [0.2, 0.25) is 11.8 Å². The van der Waals surface area contributed by atoms with Gasteiger partial charge in [0.1, 0.15) is 11.2 Å². The van der Waals surface area contributed by atoms with Crippen LogP contribution < -0.4 is 15.4 Å². The summed E-state index contributed by atoms with van der Waals surface area (Å²) in [6.07, 6.45) is 1.27. The first kappa shape index (κ1) is 18.0. The minimum atomic E-state index is -3.09. The summed E-state index contributed by atoms with van der Waals surface area (Å²) in [5, 5.41) is 5.76. The molecule has 1 saturated heterocycles. The second kappa shape index (κ2) is 6.49. The lowest BCUT2D eigenvalue weighted by Crippen LogP contribution is -2.45. The van der Waals surface area contributed by atoms with Gasteiger partial charge in [0.15, 0.2) is 9.84 Å². The van der Waals surface area contributed by atoms with Gasteiger partial charge in [0.25, 0.3) is 0 Å². The Labute approximate surface area is 151 Å². The van der Waals surface area contributed by atoms with Crippen LogP contribution in [0.25, 0.3) is 0 Å². The van der Waals surface area contributed by atoms with Crippen molar-refractivity contribution >= 4 is 38.9 Å². The second-order valence-electron chi connectivity index (χ2n) is 6.46. The average molecular weight is 387 g/mol. The van der Waals surface area contributed by atoms with Gasteiger partial charge in [-0.05, 0) is 37.5 Å². The maximum atomic E-state index is 12.5. The van der Waals surface area contributed by atoms with Gasteiger partial charge in [-0.3, -0.25) is 9.59 Å². The molecule has 2 amide bonds. The molecular formula is C16H19ClN2O5S. The quantitative estimate of drug-likeness (QED) is 0.744. The Kier molecular flexibility index (Phi) is 4.68. The summed E-state index contributed by atoms with van der Waals surface area (Å²) >= 11 is 6.03. The lowest BCUT2D eigenvalue weighted by atomic mass is 10.0. The highest BCUT2D eigenvalue weighted by Crippen LogP contribution is 2.47. The Balaban J connectivity index is 1.65. The molecule has 1 saturated carbocycles. The van der Waals surface area contributed by atoms with Gasteiger partial charge < -0.3 is 15.4 Å². The van der Waals surface area contributed by atoms with E-state index in [4.69, 9.17) is 16.3 Å². The first-order chi connectivity index (χ1) is 11.8. The molecule has 2 aliphatic rings. The Hall–Kier alpha value is -1.80. The summed E-state index contributed by atoms with van der Waals surface area (Å²) in [7, 11) is -1.60. The highest BCUT2D eigenvalue weighted by molar-refractivity contribution is 7.91. The molecule has 0 radical (unpaired) electrons. The lowest BCUT2D eigenvalue weighted by Gasteiger charge is -2.18. The van der Waals surface area contributed by atoms with Crippen LogP contribution in [0.2, 0.25) is 5.02 Å². The van der Waals surface area contributed by atoms with Gasteiger partial charge in [-0.1, -0.05) is 11.6 Å². The molecule has 2 fully saturated rings. The van der Waals surface area contributed by atoms with Crippen LogP contribution >= 0.6 is 11.6 Å². The first-order valence-corrected chi connectivity index (χ1v) is 10.1. The summed E-state index contributed by atoms with van der Waals surface area (Å²) in [5.41, 5.74) is -0.656. The Morgan fingerprint density at radius 1 is 1.28 bits per heavy atom. The Morgan fingerprint density at radius 3 is 2.52 bits per heavy atom. The third-order valence-corrected chi connectivity index (χ3v) is 6.66. The number of nitrogens with one attached hydrogen (secondary N) is 2. The summed E-state index contributed by atoms with van der Waals surface area (Å²) in [5.74, 6) is -0.328. The molecule has 1 aromatic rings. The summed E-state index contributed by atoms with van der Waals surface area (Å²) in [6, 6.07) is 4.40. The monoisotopic (exact) mass is 386 g/mol. The highest BCUT2D eigenvalue weighted by Gasteiger charge is 2.57. The average Bonchev–Trinajstić information content (AvgIpc) is 3.28. The van der Waals surface area contributed by atoms with Crippen molar-refractivity contribution in [3.63, 3.8) is 0 Å². The van der Waals surface area contributed by atoms with Crippen LogP contribution in [-0.2, 0) is 19.4 Å². The molecule has 3 rings (SSSR count). The predicted molar refractivity (Wildman–Crippen MR) is 93.5 cm³/mol. The summed E-state index contributed by atoms with van der Waals surface area (Å²) in [4.78, 5) is 25.0. The number of anilines is 1. The Bertz CT molecular complexity index is 820. The third-order valence-electron chi connectivity index (χ3n) is 4.60. The number of rotatable bonds is 5. The number of ether oxygens (including phenoxy) is 1. The van der Waals surface area contributed by atoms with E-state index in [2.05, 4.69) is 10.6 Å². The van der Waals surface area contributed by atoms with Crippen LogP contribution in [-0.4, -0.2) is 44.9 Å². The molecule has 2 N–H and O–H groups in total. The van der Waals surface area contributed by atoms with E-state index in [-0.39, 0.29) is 11.5 Å². The topological polar surface area (TPSA) is 102 Å². The summed E-state index contributed by atoms with van der Waals surface area (Å²) < 4.78 is 28.0. The van der Waals surface area contributed by atoms with Crippen molar-refractivity contribution in [1.29, 1.82) is 0 Å². The standard InChI is InChI=1S/C16H19ClN2O5S/c1-24-13-3-2-10(8-12(13)17)18-14(20)16(5-6-16)15(21)19-11-4-7-25(22,23)9-11/h2-3,8,11H,4-7,9H2,1H3,(H,18,20)(H,19,21). The van der Waals surface area contributed by atoms with Crippen molar-refractivity contribution in [2.75, 3.05) is 23.9 Å². The number of carbonyl (C=O) groups is 2. The fraction of sp³-hybridized carbons (Fsp3) is 0.500. The van der Waals surface area contributed by atoms with Crippen molar-refractivity contribution < 1.29 is 22.7 Å². The van der Waals surface area contributed by atoms with Crippen LogP contribution in [0.3, 0.4) is 0 Å². The van der Waals surface area contributed by atoms with Crippen LogP contribution in [0, 0.1) is 5.41 Å². The number of hydrogen-bond donors (Lipinski definition) is 2. The molecule has 0 aromatic heterocycles. The molecule has 7 nitrogen and oxygen atoms in total.